The van der Waals surface area contributed by atoms with E-state index < -0.39 is 0 Å². The quantitative estimate of drug-likeness (QED) is 0.824. The van der Waals surface area contributed by atoms with Crippen LogP contribution in [0, 0.1) is 6.92 Å². The van der Waals surface area contributed by atoms with Crippen molar-refractivity contribution in [2.24, 2.45) is 0 Å². The number of hydrogen-bond donors (Lipinski definition) is 2. The lowest BCUT2D eigenvalue weighted by atomic mass is 10.3. The molecule has 100 valence electrons. The average molecular weight is 276 g/mol. The van der Waals surface area contributed by atoms with E-state index >= 15 is 0 Å². The van der Waals surface area contributed by atoms with Crippen LogP contribution < -0.4 is 15.8 Å². The molecule has 1 amide bonds. The minimum atomic E-state index is -0.136. The van der Waals surface area contributed by atoms with Crippen molar-refractivity contribution < 1.29 is 9.53 Å². The molecule has 4 nitrogen and oxygen atoms in total. The predicted molar refractivity (Wildman–Crippen MR) is 77.3 cm³/mol. The number of carbonyl (C=O) groups excluding carboxylic acids is 1. The predicted octanol–water partition coefficient (Wildman–Crippen LogP) is 2.33. The Morgan fingerprint density at radius 2 is 2.00 bits per heavy atom. The molecule has 0 radical (unpaired) electrons. The largest absolute Gasteiger partial charge is 0.484 e. The number of thiophene rings is 1. The van der Waals surface area contributed by atoms with Gasteiger partial charge in [-0.25, -0.2) is 0 Å². The Bertz CT molecular complexity index is 549. The van der Waals surface area contributed by atoms with Gasteiger partial charge >= 0.3 is 0 Å². The van der Waals surface area contributed by atoms with Crippen molar-refractivity contribution in [1.82, 2.24) is 5.32 Å². The zero-order valence-corrected chi connectivity index (χ0v) is 11.5. The molecule has 1 aromatic carbocycles. The van der Waals surface area contributed by atoms with Gasteiger partial charge in [-0.15, -0.1) is 11.3 Å². The summed E-state index contributed by atoms with van der Waals surface area (Å²) in [5.41, 5.74) is 6.23. The number of nitrogens with one attached hydrogen (secondary N) is 1. The Balaban J connectivity index is 1.74. The summed E-state index contributed by atoms with van der Waals surface area (Å²) in [6.45, 7) is 2.59. The molecule has 1 heterocycles. The molecule has 2 rings (SSSR count). The highest BCUT2D eigenvalue weighted by atomic mass is 32.1. The van der Waals surface area contributed by atoms with Gasteiger partial charge in [-0.1, -0.05) is 0 Å². The van der Waals surface area contributed by atoms with Gasteiger partial charge in [0.15, 0.2) is 6.61 Å². The third-order valence-electron chi connectivity index (χ3n) is 2.51. The van der Waals surface area contributed by atoms with Crippen LogP contribution >= 0.6 is 11.3 Å². The average Bonchev–Trinajstić information content (AvgIpc) is 2.81. The molecule has 3 N–H and O–H groups in total. The molecule has 0 bridgehead atoms. The van der Waals surface area contributed by atoms with E-state index in [1.165, 1.54) is 4.88 Å². The first-order valence-electron chi connectivity index (χ1n) is 5.94. The van der Waals surface area contributed by atoms with E-state index in [1.54, 1.807) is 35.6 Å². The van der Waals surface area contributed by atoms with Gasteiger partial charge in [-0.05, 0) is 43.3 Å². The van der Waals surface area contributed by atoms with E-state index in [2.05, 4.69) is 5.32 Å². The van der Waals surface area contributed by atoms with Crippen molar-refractivity contribution in [3.05, 3.63) is 46.2 Å². The van der Waals surface area contributed by atoms with Gasteiger partial charge in [-0.2, -0.15) is 0 Å². The molecule has 0 spiro atoms. The minimum Gasteiger partial charge on any atom is -0.484 e. The fourth-order valence-corrected chi connectivity index (χ4v) is 2.36. The van der Waals surface area contributed by atoms with Crippen LogP contribution in [0.3, 0.4) is 0 Å². The second-order valence-electron chi connectivity index (χ2n) is 4.15. The topological polar surface area (TPSA) is 64.3 Å². The van der Waals surface area contributed by atoms with E-state index in [-0.39, 0.29) is 12.5 Å². The SMILES string of the molecule is Cc1ccc(CNC(=O)COc2ccc(N)cc2)s1. The Morgan fingerprint density at radius 1 is 1.26 bits per heavy atom. The van der Waals surface area contributed by atoms with Crippen molar-refractivity contribution in [2.75, 3.05) is 12.3 Å². The molecule has 0 unspecified atom stereocenters. The third-order valence-corrected chi connectivity index (χ3v) is 3.51. The lowest BCUT2D eigenvalue weighted by Gasteiger charge is -2.06. The Hall–Kier alpha value is -2.01. The van der Waals surface area contributed by atoms with Crippen LogP contribution in [0.25, 0.3) is 0 Å². The van der Waals surface area contributed by atoms with E-state index in [1.807, 2.05) is 19.1 Å². The Kier molecular flexibility index (Phi) is 4.41. The summed E-state index contributed by atoms with van der Waals surface area (Å²) in [5.74, 6) is 0.499. The summed E-state index contributed by atoms with van der Waals surface area (Å²) in [7, 11) is 0. The van der Waals surface area contributed by atoms with Gasteiger partial charge in [0.05, 0.1) is 6.54 Å². The summed E-state index contributed by atoms with van der Waals surface area (Å²) in [4.78, 5) is 14.0. The van der Waals surface area contributed by atoms with E-state index in [0.29, 0.717) is 18.0 Å². The van der Waals surface area contributed by atoms with Crippen LogP contribution in [-0.2, 0) is 11.3 Å². The van der Waals surface area contributed by atoms with Crippen molar-refractivity contribution in [2.45, 2.75) is 13.5 Å². The van der Waals surface area contributed by atoms with Crippen LogP contribution in [0.15, 0.2) is 36.4 Å². The number of rotatable bonds is 5. The second-order valence-corrected chi connectivity index (χ2v) is 5.52. The molecule has 0 fully saturated rings. The zero-order chi connectivity index (χ0) is 13.7. The molecule has 0 aliphatic heterocycles. The Labute approximate surface area is 116 Å². The number of amides is 1. The molecule has 1 aromatic heterocycles. The lowest BCUT2D eigenvalue weighted by molar-refractivity contribution is -0.123. The molecule has 5 heteroatoms. The van der Waals surface area contributed by atoms with E-state index in [0.717, 1.165) is 4.88 Å². The van der Waals surface area contributed by atoms with Crippen LogP contribution in [0.4, 0.5) is 5.69 Å². The molecule has 2 aromatic rings. The van der Waals surface area contributed by atoms with Crippen LogP contribution in [0.5, 0.6) is 5.75 Å². The number of ether oxygens (including phenoxy) is 1. The van der Waals surface area contributed by atoms with Crippen molar-refractivity contribution in [1.29, 1.82) is 0 Å². The third kappa shape index (κ3) is 4.30. The summed E-state index contributed by atoms with van der Waals surface area (Å²) < 4.78 is 5.35. The Morgan fingerprint density at radius 3 is 2.63 bits per heavy atom. The molecule has 0 aliphatic rings. The summed E-state index contributed by atoms with van der Waals surface area (Å²) in [6.07, 6.45) is 0. The van der Waals surface area contributed by atoms with E-state index in [9.17, 15) is 4.79 Å². The van der Waals surface area contributed by atoms with Crippen LogP contribution in [-0.4, -0.2) is 12.5 Å². The fourth-order valence-electron chi connectivity index (χ4n) is 1.53. The highest BCUT2D eigenvalue weighted by molar-refractivity contribution is 7.11. The first-order chi connectivity index (χ1) is 9.13. The number of aryl methyl sites for hydroxylation is 1. The molecule has 0 aliphatic carbocycles. The maximum Gasteiger partial charge on any atom is 0.258 e. The van der Waals surface area contributed by atoms with Crippen molar-refractivity contribution in [3.8, 4) is 5.75 Å². The van der Waals surface area contributed by atoms with Crippen LogP contribution in [0.2, 0.25) is 0 Å². The first-order valence-corrected chi connectivity index (χ1v) is 6.75. The molecule has 0 atom stereocenters. The van der Waals surface area contributed by atoms with Gasteiger partial charge in [0, 0.05) is 15.4 Å². The highest BCUT2D eigenvalue weighted by Crippen LogP contribution is 2.15. The molecule has 0 saturated carbocycles. The number of anilines is 1. The van der Waals surface area contributed by atoms with Gasteiger partial charge < -0.3 is 15.8 Å². The summed E-state index contributed by atoms with van der Waals surface area (Å²) in [5, 5.41) is 2.82. The smallest absolute Gasteiger partial charge is 0.258 e. The zero-order valence-electron chi connectivity index (χ0n) is 10.7. The van der Waals surface area contributed by atoms with Gasteiger partial charge in [0.2, 0.25) is 0 Å². The number of carbonyl (C=O) groups is 1. The number of nitrogens with two attached hydrogens (primary N) is 1. The standard InChI is InChI=1S/C14H16N2O2S/c1-10-2-7-13(19-10)8-16-14(17)9-18-12-5-3-11(15)4-6-12/h2-7H,8-9,15H2,1H3,(H,16,17). The first kappa shape index (κ1) is 13.4. The monoisotopic (exact) mass is 276 g/mol. The van der Waals surface area contributed by atoms with E-state index in [4.69, 9.17) is 10.5 Å². The van der Waals surface area contributed by atoms with Gasteiger partial charge in [0.25, 0.3) is 5.91 Å². The molecule has 0 saturated heterocycles. The summed E-state index contributed by atoms with van der Waals surface area (Å²) in [6, 6.07) is 11.0. The summed E-state index contributed by atoms with van der Waals surface area (Å²) >= 11 is 1.68. The van der Waals surface area contributed by atoms with Crippen molar-refractivity contribution >= 4 is 22.9 Å². The van der Waals surface area contributed by atoms with Gasteiger partial charge in [-0.3, -0.25) is 4.79 Å². The number of nitrogen functional groups attached to an aromatic ring is 1. The fraction of sp³-hybridized carbons (Fsp3) is 0.214. The van der Waals surface area contributed by atoms with Crippen LogP contribution in [0.1, 0.15) is 9.75 Å². The van der Waals surface area contributed by atoms with Gasteiger partial charge in [0.1, 0.15) is 5.75 Å². The number of benzene rings is 1. The number of hydrogen-bond acceptors (Lipinski definition) is 4. The van der Waals surface area contributed by atoms with Crippen molar-refractivity contribution in [3.63, 3.8) is 0 Å². The molecular formula is C14H16N2O2S. The minimum absolute atomic E-state index is 0.00821. The lowest BCUT2D eigenvalue weighted by Crippen LogP contribution is -2.28. The maximum atomic E-state index is 11.6. The maximum absolute atomic E-state index is 11.6. The molecule has 19 heavy (non-hydrogen) atoms. The second kappa shape index (κ2) is 6.24. The highest BCUT2D eigenvalue weighted by Gasteiger charge is 2.03. The molecular weight excluding hydrogens is 260 g/mol. The normalized spacial score (nSPS) is 10.2.